The zero-order chi connectivity index (χ0) is 32.5. The number of anilines is 1. The van der Waals surface area contributed by atoms with E-state index in [-0.39, 0.29) is 35.4 Å². The number of benzene rings is 4. The zero-order valence-corrected chi connectivity index (χ0v) is 26.8. The molecule has 0 bridgehead atoms. The quantitative estimate of drug-likeness (QED) is 0.194. The van der Waals surface area contributed by atoms with Crippen LogP contribution < -0.4 is 9.62 Å². The van der Waals surface area contributed by atoms with Crippen molar-refractivity contribution in [1.29, 1.82) is 0 Å². The highest BCUT2D eigenvalue weighted by Gasteiger charge is 2.35. The van der Waals surface area contributed by atoms with E-state index >= 15 is 4.39 Å². The van der Waals surface area contributed by atoms with E-state index < -0.39 is 34.3 Å². The fourth-order valence-corrected chi connectivity index (χ4v) is 7.28. The third kappa shape index (κ3) is 8.20. The van der Waals surface area contributed by atoms with Gasteiger partial charge in [0.1, 0.15) is 18.4 Å². The number of nitrogens with one attached hydrogen (secondary N) is 1. The summed E-state index contributed by atoms with van der Waals surface area (Å²) in [5.41, 5.74) is 2.25. The summed E-state index contributed by atoms with van der Waals surface area (Å²) in [7, 11) is -4.20. The number of rotatable bonds is 12. The van der Waals surface area contributed by atoms with Crippen molar-refractivity contribution in [3.8, 4) is 0 Å². The van der Waals surface area contributed by atoms with Crippen LogP contribution in [0.2, 0.25) is 0 Å². The number of amides is 2. The molecule has 1 saturated carbocycles. The van der Waals surface area contributed by atoms with Gasteiger partial charge in [0.05, 0.1) is 10.6 Å². The third-order valence-corrected chi connectivity index (χ3v) is 10.2. The Labute approximate surface area is 271 Å². The fourth-order valence-electron chi connectivity index (χ4n) is 5.87. The molecule has 0 saturated heterocycles. The van der Waals surface area contributed by atoms with E-state index in [0.29, 0.717) is 5.69 Å². The van der Waals surface area contributed by atoms with Crippen LogP contribution in [-0.4, -0.2) is 43.8 Å². The van der Waals surface area contributed by atoms with Gasteiger partial charge in [0.2, 0.25) is 11.8 Å². The maximum atomic E-state index is 15.1. The molecule has 2 amide bonds. The molecule has 1 atom stereocenters. The van der Waals surface area contributed by atoms with Gasteiger partial charge in [-0.25, -0.2) is 12.8 Å². The van der Waals surface area contributed by atoms with Crippen LogP contribution in [0.5, 0.6) is 0 Å². The summed E-state index contributed by atoms with van der Waals surface area (Å²) in [5.74, 6) is -1.48. The monoisotopic (exact) mass is 641 g/mol. The Bertz CT molecular complexity index is 1710. The normalized spacial score (nSPS) is 14.3. The number of sulfonamides is 1. The lowest BCUT2D eigenvalue weighted by atomic mass is 9.94. The Morgan fingerprint density at radius 1 is 0.826 bits per heavy atom. The largest absolute Gasteiger partial charge is 0.352 e. The van der Waals surface area contributed by atoms with Crippen molar-refractivity contribution in [2.75, 3.05) is 10.8 Å². The molecule has 0 heterocycles. The zero-order valence-electron chi connectivity index (χ0n) is 26.0. The number of para-hydroxylation sites is 1. The molecule has 0 spiro atoms. The summed E-state index contributed by atoms with van der Waals surface area (Å²) < 4.78 is 44.3. The third-order valence-electron chi connectivity index (χ3n) is 8.45. The molecule has 0 unspecified atom stereocenters. The number of aryl methyl sites for hydroxylation is 1. The second kappa shape index (κ2) is 15.2. The van der Waals surface area contributed by atoms with Crippen LogP contribution >= 0.6 is 0 Å². The van der Waals surface area contributed by atoms with Gasteiger partial charge in [-0.15, -0.1) is 0 Å². The van der Waals surface area contributed by atoms with E-state index in [1.807, 2.05) is 37.3 Å². The minimum absolute atomic E-state index is 0.0207. The van der Waals surface area contributed by atoms with Crippen LogP contribution in [0.25, 0.3) is 0 Å². The van der Waals surface area contributed by atoms with E-state index in [4.69, 9.17) is 0 Å². The first-order chi connectivity index (χ1) is 22.2. The Kier molecular flexibility index (Phi) is 10.9. The van der Waals surface area contributed by atoms with Crippen LogP contribution in [0, 0.1) is 12.7 Å². The molecule has 240 valence electrons. The topological polar surface area (TPSA) is 86.8 Å². The first-order valence-corrected chi connectivity index (χ1v) is 17.2. The van der Waals surface area contributed by atoms with Crippen molar-refractivity contribution in [2.45, 2.75) is 69.0 Å². The molecule has 5 rings (SSSR count). The Morgan fingerprint density at radius 2 is 1.43 bits per heavy atom. The van der Waals surface area contributed by atoms with Gasteiger partial charge in [-0.05, 0) is 55.7 Å². The number of hydrogen-bond donors (Lipinski definition) is 1. The predicted octanol–water partition coefficient (Wildman–Crippen LogP) is 6.42. The second-order valence-corrected chi connectivity index (χ2v) is 13.7. The molecule has 7 nitrogen and oxygen atoms in total. The molecule has 0 aliphatic heterocycles. The van der Waals surface area contributed by atoms with Crippen LogP contribution in [0.15, 0.2) is 114 Å². The fraction of sp³-hybridized carbons (Fsp3) is 0.297. The van der Waals surface area contributed by atoms with Gasteiger partial charge in [-0.1, -0.05) is 104 Å². The SMILES string of the molecule is Cc1ccc(S(=O)(=O)N(CC(=O)N(Cc2ccccc2F)[C@@H](Cc2ccccc2)C(=O)NC2CCCCC2)c2ccccc2)cc1. The molecule has 1 aliphatic rings. The molecule has 1 fully saturated rings. The average molecular weight is 642 g/mol. The Balaban J connectivity index is 1.55. The number of halogens is 1. The first-order valence-electron chi connectivity index (χ1n) is 15.7. The lowest BCUT2D eigenvalue weighted by Crippen LogP contribution is -2.55. The van der Waals surface area contributed by atoms with Crippen LogP contribution in [0.3, 0.4) is 0 Å². The molecule has 4 aromatic carbocycles. The number of nitrogens with zero attached hydrogens (tertiary/aromatic N) is 2. The average Bonchev–Trinajstić information content (AvgIpc) is 3.07. The minimum atomic E-state index is -4.20. The smallest absolute Gasteiger partial charge is 0.264 e. The number of carbonyl (C=O) groups is 2. The van der Waals surface area contributed by atoms with Gasteiger partial charge in [0.15, 0.2) is 0 Å². The molecule has 9 heteroatoms. The standard InChI is InChI=1S/C37H40FN3O4S/c1-28-21-23-33(24-22-28)46(44,45)41(32-18-9-4-10-19-32)27-36(42)40(26-30-15-11-12-20-34(30)38)35(25-29-13-5-2-6-14-29)37(43)39-31-16-7-3-8-17-31/h2,4-6,9-15,18-24,31,35H,3,7-8,16-17,25-27H2,1H3,(H,39,43)/t35-/m0/s1. The van der Waals surface area contributed by atoms with Gasteiger partial charge < -0.3 is 10.2 Å². The molecule has 1 aliphatic carbocycles. The number of hydrogen-bond acceptors (Lipinski definition) is 4. The molecule has 1 N–H and O–H groups in total. The summed E-state index contributed by atoms with van der Waals surface area (Å²) in [4.78, 5) is 30.0. The van der Waals surface area contributed by atoms with Gasteiger partial charge in [0, 0.05) is 24.6 Å². The molecule has 0 aromatic heterocycles. The summed E-state index contributed by atoms with van der Waals surface area (Å²) in [6.45, 7) is 1.06. The second-order valence-electron chi connectivity index (χ2n) is 11.8. The van der Waals surface area contributed by atoms with Gasteiger partial charge in [-0.2, -0.15) is 0 Å². The Morgan fingerprint density at radius 3 is 2.09 bits per heavy atom. The van der Waals surface area contributed by atoms with Crippen LogP contribution in [0.1, 0.15) is 48.8 Å². The van der Waals surface area contributed by atoms with E-state index in [1.165, 1.54) is 23.1 Å². The van der Waals surface area contributed by atoms with Crippen molar-refractivity contribution in [2.24, 2.45) is 0 Å². The van der Waals surface area contributed by atoms with Crippen molar-refractivity contribution in [3.63, 3.8) is 0 Å². The van der Waals surface area contributed by atoms with Gasteiger partial charge >= 0.3 is 0 Å². The summed E-state index contributed by atoms with van der Waals surface area (Å²) in [6.07, 6.45) is 5.01. The van der Waals surface area contributed by atoms with Crippen molar-refractivity contribution >= 4 is 27.5 Å². The van der Waals surface area contributed by atoms with Crippen LogP contribution in [0.4, 0.5) is 10.1 Å². The van der Waals surface area contributed by atoms with Crippen LogP contribution in [-0.2, 0) is 32.6 Å². The maximum Gasteiger partial charge on any atom is 0.264 e. The molecular formula is C37H40FN3O4S. The summed E-state index contributed by atoms with van der Waals surface area (Å²) in [6, 6.07) is 29.3. The van der Waals surface area contributed by atoms with Crippen molar-refractivity contribution in [3.05, 3.63) is 132 Å². The molecular weight excluding hydrogens is 601 g/mol. The van der Waals surface area contributed by atoms with E-state index in [2.05, 4.69) is 5.32 Å². The highest BCUT2D eigenvalue weighted by Crippen LogP contribution is 2.26. The lowest BCUT2D eigenvalue weighted by Gasteiger charge is -2.35. The van der Waals surface area contributed by atoms with E-state index in [0.717, 1.165) is 47.5 Å². The highest BCUT2D eigenvalue weighted by atomic mass is 32.2. The summed E-state index contributed by atoms with van der Waals surface area (Å²) in [5, 5.41) is 3.16. The molecule has 0 radical (unpaired) electrons. The first kappa shape index (κ1) is 32.9. The van der Waals surface area contributed by atoms with Crippen molar-refractivity contribution < 1.29 is 22.4 Å². The maximum absolute atomic E-state index is 15.1. The van der Waals surface area contributed by atoms with Gasteiger partial charge in [0.25, 0.3) is 10.0 Å². The number of carbonyl (C=O) groups excluding carboxylic acids is 2. The van der Waals surface area contributed by atoms with Gasteiger partial charge in [-0.3, -0.25) is 13.9 Å². The Hall–Kier alpha value is -4.50. The molecule has 46 heavy (non-hydrogen) atoms. The highest BCUT2D eigenvalue weighted by molar-refractivity contribution is 7.92. The predicted molar refractivity (Wildman–Crippen MR) is 178 cm³/mol. The van der Waals surface area contributed by atoms with E-state index in [9.17, 15) is 18.0 Å². The van der Waals surface area contributed by atoms with Crippen molar-refractivity contribution in [1.82, 2.24) is 10.2 Å². The lowest BCUT2D eigenvalue weighted by molar-refractivity contribution is -0.140. The molecule has 4 aromatic rings. The van der Waals surface area contributed by atoms with E-state index in [1.54, 1.807) is 60.7 Å². The summed E-state index contributed by atoms with van der Waals surface area (Å²) >= 11 is 0. The minimum Gasteiger partial charge on any atom is -0.352 e.